The first-order chi connectivity index (χ1) is 10.1. The van der Waals surface area contributed by atoms with E-state index in [0.717, 1.165) is 30.6 Å². The second kappa shape index (κ2) is 6.94. The Morgan fingerprint density at radius 1 is 1.29 bits per heavy atom. The van der Waals surface area contributed by atoms with E-state index in [2.05, 4.69) is 12.2 Å². The monoisotopic (exact) mass is 291 g/mol. The van der Waals surface area contributed by atoms with E-state index in [1.54, 1.807) is 0 Å². The zero-order valence-corrected chi connectivity index (χ0v) is 13.1. The molecule has 0 heterocycles. The van der Waals surface area contributed by atoms with E-state index in [-0.39, 0.29) is 5.97 Å². The minimum Gasteiger partial charge on any atom is -0.494 e. The van der Waals surface area contributed by atoms with Crippen LogP contribution in [0, 0.1) is 0 Å². The highest BCUT2D eigenvalue weighted by atomic mass is 16.5. The molecule has 0 spiro atoms. The third-order valence-corrected chi connectivity index (χ3v) is 3.66. The molecule has 1 aliphatic rings. The molecule has 0 bridgehead atoms. The van der Waals surface area contributed by atoms with Crippen LogP contribution in [0.15, 0.2) is 24.3 Å². The molecule has 0 saturated heterocycles. The van der Waals surface area contributed by atoms with Crippen molar-refractivity contribution in [3.05, 3.63) is 29.8 Å². The van der Waals surface area contributed by atoms with Crippen LogP contribution in [-0.4, -0.2) is 25.2 Å². The number of carbonyl (C=O) groups excluding carboxylic acids is 1. The zero-order valence-electron chi connectivity index (χ0n) is 13.1. The number of ether oxygens (including phenoxy) is 2. The predicted molar refractivity (Wildman–Crippen MR) is 82.4 cm³/mol. The Morgan fingerprint density at radius 2 is 1.95 bits per heavy atom. The van der Waals surface area contributed by atoms with Crippen molar-refractivity contribution in [2.24, 2.45) is 0 Å². The van der Waals surface area contributed by atoms with Gasteiger partial charge in [0.2, 0.25) is 0 Å². The van der Waals surface area contributed by atoms with Crippen LogP contribution in [0.2, 0.25) is 0 Å². The van der Waals surface area contributed by atoms with Crippen LogP contribution < -0.4 is 10.1 Å². The van der Waals surface area contributed by atoms with E-state index >= 15 is 0 Å². The van der Waals surface area contributed by atoms with Crippen LogP contribution in [0.5, 0.6) is 5.75 Å². The Labute approximate surface area is 126 Å². The Morgan fingerprint density at radius 3 is 2.48 bits per heavy atom. The molecule has 1 saturated carbocycles. The number of benzene rings is 1. The highest BCUT2D eigenvalue weighted by Gasteiger charge is 2.41. The summed E-state index contributed by atoms with van der Waals surface area (Å²) in [5.41, 5.74) is 0.122. The minimum absolute atomic E-state index is 0.223. The standard InChI is InChI=1S/C17H25NO3/c1-4-12-21-15-10-6-13(7-11-15)17(3,16(19)20-5-2)18-14-8-9-14/h6-7,10-11,14,18H,4-5,8-9,12H2,1-3H3. The maximum atomic E-state index is 12.4. The van der Waals surface area contributed by atoms with Crippen molar-refractivity contribution in [3.63, 3.8) is 0 Å². The smallest absolute Gasteiger partial charge is 0.330 e. The molecular formula is C17H25NO3. The lowest BCUT2D eigenvalue weighted by Gasteiger charge is -2.29. The van der Waals surface area contributed by atoms with Crippen molar-refractivity contribution in [1.29, 1.82) is 0 Å². The van der Waals surface area contributed by atoms with E-state index in [9.17, 15) is 4.79 Å². The van der Waals surface area contributed by atoms with Gasteiger partial charge in [-0.2, -0.15) is 0 Å². The Balaban J connectivity index is 2.17. The van der Waals surface area contributed by atoms with Crippen molar-refractivity contribution in [2.45, 2.75) is 51.6 Å². The van der Waals surface area contributed by atoms with Gasteiger partial charge >= 0.3 is 5.97 Å². The van der Waals surface area contributed by atoms with Crippen LogP contribution >= 0.6 is 0 Å². The average molecular weight is 291 g/mol. The van der Waals surface area contributed by atoms with Gasteiger partial charge in [-0.05, 0) is 50.8 Å². The molecule has 1 aromatic rings. The van der Waals surface area contributed by atoms with Gasteiger partial charge in [0.1, 0.15) is 11.3 Å². The van der Waals surface area contributed by atoms with Crippen molar-refractivity contribution < 1.29 is 14.3 Å². The van der Waals surface area contributed by atoms with Crippen LogP contribution in [-0.2, 0) is 15.1 Å². The molecule has 0 amide bonds. The van der Waals surface area contributed by atoms with Crippen LogP contribution in [0.3, 0.4) is 0 Å². The van der Waals surface area contributed by atoms with Gasteiger partial charge in [0.25, 0.3) is 0 Å². The number of hydrogen-bond acceptors (Lipinski definition) is 4. The molecular weight excluding hydrogens is 266 g/mol. The molecule has 1 fully saturated rings. The number of hydrogen-bond donors (Lipinski definition) is 1. The minimum atomic E-state index is -0.791. The molecule has 116 valence electrons. The summed E-state index contributed by atoms with van der Waals surface area (Å²) < 4.78 is 10.8. The summed E-state index contributed by atoms with van der Waals surface area (Å²) >= 11 is 0. The summed E-state index contributed by atoms with van der Waals surface area (Å²) in [5.74, 6) is 0.609. The van der Waals surface area contributed by atoms with Gasteiger partial charge in [0.05, 0.1) is 13.2 Å². The maximum Gasteiger partial charge on any atom is 0.330 e. The summed E-state index contributed by atoms with van der Waals surface area (Å²) in [6.07, 6.45) is 3.21. The van der Waals surface area contributed by atoms with Gasteiger partial charge in [0, 0.05) is 6.04 Å². The summed E-state index contributed by atoms with van der Waals surface area (Å²) in [5, 5.41) is 3.42. The average Bonchev–Trinajstić information content (AvgIpc) is 3.29. The summed E-state index contributed by atoms with van der Waals surface area (Å²) in [6.45, 7) is 6.89. The lowest BCUT2D eigenvalue weighted by molar-refractivity contribution is -0.151. The Bertz CT molecular complexity index is 467. The second-order valence-corrected chi connectivity index (χ2v) is 5.64. The third kappa shape index (κ3) is 3.97. The summed E-state index contributed by atoms with van der Waals surface area (Å²) in [6, 6.07) is 8.12. The normalized spacial score (nSPS) is 17.1. The number of carbonyl (C=O) groups is 1. The highest BCUT2D eigenvalue weighted by Crippen LogP contribution is 2.30. The molecule has 1 atom stereocenters. The topological polar surface area (TPSA) is 47.6 Å². The zero-order chi connectivity index (χ0) is 15.3. The first-order valence-corrected chi connectivity index (χ1v) is 7.78. The van der Waals surface area contributed by atoms with E-state index in [1.165, 1.54) is 0 Å². The van der Waals surface area contributed by atoms with Crippen molar-refractivity contribution in [2.75, 3.05) is 13.2 Å². The molecule has 4 nitrogen and oxygen atoms in total. The van der Waals surface area contributed by atoms with Gasteiger partial charge < -0.3 is 9.47 Å². The van der Waals surface area contributed by atoms with Gasteiger partial charge in [-0.3, -0.25) is 5.32 Å². The summed E-state index contributed by atoms with van der Waals surface area (Å²) in [7, 11) is 0. The molecule has 0 aromatic heterocycles. The van der Waals surface area contributed by atoms with Gasteiger partial charge in [-0.1, -0.05) is 19.1 Å². The van der Waals surface area contributed by atoms with Crippen LogP contribution in [0.25, 0.3) is 0 Å². The molecule has 1 aromatic carbocycles. The fourth-order valence-electron chi connectivity index (χ4n) is 2.28. The molecule has 1 unspecified atom stereocenters. The van der Waals surface area contributed by atoms with Crippen molar-refractivity contribution >= 4 is 5.97 Å². The molecule has 1 aliphatic carbocycles. The molecule has 2 rings (SSSR count). The van der Waals surface area contributed by atoms with Gasteiger partial charge in [-0.15, -0.1) is 0 Å². The summed E-state index contributed by atoms with van der Waals surface area (Å²) in [4.78, 5) is 12.4. The van der Waals surface area contributed by atoms with Crippen molar-refractivity contribution in [3.8, 4) is 5.75 Å². The number of rotatable bonds is 8. The quantitative estimate of drug-likeness (QED) is 0.748. The Hall–Kier alpha value is -1.55. The predicted octanol–water partition coefficient (Wildman–Crippen LogP) is 3.01. The third-order valence-electron chi connectivity index (χ3n) is 3.66. The van der Waals surface area contributed by atoms with Crippen LogP contribution in [0.1, 0.15) is 45.6 Å². The van der Waals surface area contributed by atoms with E-state index in [1.807, 2.05) is 38.1 Å². The first kappa shape index (κ1) is 15.8. The van der Waals surface area contributed by atoms with E-state index in [0.29, 0.717) is 19.3 Å². The molecule has 21 heavy (non-hydrogen) atoms. The van der Waals surface area contributed by atoms with Gasteiger partial charge in [0.15, 0.2) is 0 Å². The molecule has 0 aliphatic heterocycles. The fourth-order valence-corrected chi connectivity index (χ4v) is 2.28. The first-order valence-electron chi connectivity index (χ1n) is 7.78. The SMILES string of the molecule is CCCOc1ccc(C(C)(NC2CC2)C(=O)OCC)cc1. The van der Waals surface area contributed by atoms with Gasteiger partial charge in [-0.25, -0.2) is 4.79 Å². The largest absolute Gasteiger partial charge is 0.494 e. The van der Waals surface area contributed by atoms with E-state index < -0.39 is 5.54 Å². The fraction of sp³-hybridized carbons (Fsp3) is 0.588. The molecule has 1 N–H and O–H groups in total. The molecule has 0 radical (unpaired) electrons. The number of esters is 1. The Kier molecular flexibility index (Phi) is 5.23. The number of nitrogens with one attached hydrogen (secondary N) is 1. The maximum absolute atomic E-state index is 12.4. The van der Waals surface area contributed by atoms with E-state index in [4.69, 9.17) is 9.47 Å². The van der Waals surface area contributed by atoms with Crippen LogP contribution in [0.4, 0.5) is 0 Å². The highest BCUT2D eigenvalue weighted by molar-refractivity contribution is 5.82. The lowest BCUT2D eigenvalue weighted by atomic mass is 9.91. The second-order valence-electron chi connectivity index (χ2n) is 5.64. The van der Waals surface area contributed by atoms with Crippen molar-refractivity contribution in [1.82, 2.24) is 5.32 Å². The lowest BCUT2D eigenvalue weighted by Crippen LogP contribution is -2.48. The molecule has 4 heteroatoms.